The molecule has 2 amide bonds. The van der Waals surface area contributed by atoms with Crippen LogP contribution >= 0.6 is 0 Å². The molecule has 0 saturated carbocycles. The van der Waals surface area contributed by atoms with Crippen LogP contribution in [0.5, 0.6) is 5.75 Å². The van der Waals surface area contributed by atoms with E-state index in [9.17, 15) is 9.59 Å². The van der Waals surface area contributed by atoms with Crippen molar-refractivity contribution in [2.75, 3.05) is 19.7 Å². The van der Waals surface area contributed by atoms with Gasteiger partial charge in [-0.25, -0.2) is 4.79 Å². The van der Waals surface area contributed by atoms with Crippen molar-refractivity contribution < 1.29 is 19.4 Å². The van der Waals surface area contributed by atoms with Crippen molar-refractivity contribution in [2.24, 2.45) is 5.92 Å². The van der Waals surface area contributed by atoms with Crippen LogP contribution in [0.4, 0.5) is 4.79 Å². The van der Waals surface area contributed by atoms with Crippen molar-refractivity contribution >= 4 is 12.0 Å². The van der Waals surface area contributed by atoms with Gasteiger partial charge in [-0.05, 0) is 31.4 Å². The van der Waals surface area contributed by atoms with Crippen LogP contribution in [-0.4, -0.2) is 41.7 Å². The summed E-state index contributed by atoms with van der Waals surface area (Å²) in [6.07, 6.45) is 3.81. The van der Waals surface area contributed by atoms with Crippen LogP contribution in [0.1, 0.15) is 43.7 Å². The highest BCUT2D eigenvalue weighted by atomic mass is 16.5. The molecule has 1 aliphatic heterocycles. The van der Waals surface area contributed by atoms with Gasteiger partial charge in [0, 0.05) is 25.2 Å². The summed E-state index contributed by atoms with van der Waals surface area (Å²) in [7, 11) is 0. The third kappa shape index (κ3) is 5.66. The summed E-state index contributed by atoms with van der Waals surface area (Å²) in [5.74, 6) is -0.486. The van der Waals surface area contributed by atoms with Gasteiger partial charge >= 0.3 is 12.0 Å². The van der Waals surface area contributed by atoms with Crippen molar-refractivity contribution in [1.29, 1.82) is 0 Å². The molecule has 2 rings (SSSR count). The molecular formula is C19H28N2O4. The summed E-state index contributed by atoms with van der Waals surface area (Å²) in [6, 6.07) is 5.73. The van der Waals surface area contributed by atoms with E-state index in [1.54, 1.807) is 4.90 Å². The van der Waals surface area contributed by atoms with Crippen LogP contribution in [0.2, 0.25) is 0 Å². The molecule has 1 atom stereocenters. The van der Waals surface area contributed by atoms with Gasteiger partial charge in [0.2, 0.25) is 0 Å². The number of ether oxygens (including phenoxy) is 1. The van der Waals surface area contributed by atoms with Crippen molar-refractivity contribution in [3.63, 3.8) is 0 Å². The molecule has 1 fully saturated rings. The number of likely N-dealkylation sites (tertiary alicyclic amines) is 1. The highest BCUT2D eigenvalue weighted by molar-refractivity contribution is 5.77. The summed E-state index contributed by atoms with van der Waals surface area (Å²) in [5.41, 5.74) is 2.05. The van der Waals surface area contributed by atoms with Crippen LogP contribution in [0.25, 0.3) is 0 Å². The summed E-state index contributed by atoms with van der Waals surface area (Å²) >= 11 is 0. The van der Waals surface area contributed by atoms with Gasteiger partial charge in [0.1, 0.15) is 5.75 Å². The number of hydrogen-bond acceptors (Lipinski definition) is 3. The fraction of sp³-hybridized carbons (Fsp3) is 0.579. The highest BCUT2D eigenvalue weighted by Crippen LogP contribution is 2.21. The van der Waals surface area contributed by atoms with Gasteiger partial charge in [0.05, 0.1) is 12.5 Å². The van der Waals surface area contributed by atoms with E-state index < -0.39 is 11.9 Å². The molecule has 0 aromatic heterocycles. The van der Waals surface area contributed by atoms with Crippen LogP contribution in [0.3, 0.4) is 0 Å². The average Bonchev–Trinajstić information content (AvgIpc) is 3.08. The Morgan fingerprint density at radius 3 is 2.84 bits per heavy atom. The van der Waals surface area contributed by atoms with Crippen molar-refractivity contribution in [1.82, 2.24) is 10.2 Å². The first-order valence-electron chi connectivity index (χ1n) is 8.99. The number of carboxylic acid groups (broad SMARTS) is 1. The number of carbonyl (C=O) groups excluding carboxylic acids is 1. The smallest absolute Gasteiger partial charge is 0.317 e. The lowest BCUT2D eigenvalue weighted by molar-refractivity contribution is -0.141. The summed E-state index contributed by atoms with van der Waals surface area (Å²) in [6.45, 7) is 5.96. The van der Waals surface area contributed by atoms with E-state index in [0.29, 0.717) is 26.1 Å². The van der Waals surface area contributed by atoms with Gasteiger partial charge in [-0.1, -0.05) is 31.9 Å². The molecule has 1 aromatic rings. The predicted octanol–water partition coefficient (Wildman–Crippen LogP) is 3.18. The number of hydrogen-bond donors (Lipinski definition) is 2. The summed E-state index contributed by atoms with van der Waals surface area (Å²) in [5, 5.41) is 11.9. The molecule has 25 heavy (non-hydrogen) atoms. The number of carboxylic acids is 1. The maximum atomic E-state index is 12.2. The van der Waals surface area contributed by atoms with Crippen LogP contribution in [0, 0.1) is 12.8 Å². The Morgan fingerprint density at radius 1 is 1.36 bits per heavy atom. The number of rotatable bonds is 8. The van der Waals surface area contributed by atoms with Crippen LogP contribution in [-0.2, 0) is 11.3 Å². The Morgan fingerprint density at radius 2 is 2.16 bits per heavy atom. The molecule has 2 N–H and O–H groups in total. The van der Waals surface area contributed by atoms with Crippen molar-refractivity contribution in [3.8, 4) is 5.75 Å². The summed E-state index contributed by atoms with van der Waals surface area (Å²) < 4.78 is 5.88. The molecule has 0 bridgehead atoms. The lowest BCUT2D eigenvalue weighted by atomic mass is 10.1. The molecule has 6 heteroatoms. The van der Waals surface area contributed by atoms with Gasteiger partial charge in [-0.3, -0.25) is 4.79 Å². The lowest BCUT2D eigenvalue weighted by Gasteiger charge is -2.18. The second kappa shape index (κ2) is 9.30. The molecule has 0 aliphatic carbocycles. The molecule has 1 heterocycles. The second-order valence-corrected chi connectivity index (χ2v) is 6.60. The second-order valence-electron chi connectivity index (χ2n) is 6.60. The monoisotopic (exact) mass is 348 g/mol. The Labute approximate surface area is 149 Å². The van der Waals surface area contributed by atoms with E-state index in [0.717, 1.165) is 36.1 Å². The highest BCUT2D eigenvalue weighted by Gasteiger charge is 2.30. The largest absolute Gasteiger partial charge is 0.493 e. The van der Waals surface area contributed by atoms with E-state index in [2.05, 4.69) is 12.2 Å². The molecule has 1 saturated heterocycles. The number of nitrogens with one attached hydrogen (secondary N) is 1. The Balaban J connectivity index is 1.89. The zero-order valence-corrected chi connectivity index (χ0v) is 15.1. The average molecular weight is 348 g/mol. The van der Waals surface area contributed by atoms with E-state index in [4.69, 9.17) is 9.84 Å². The minimum absolute atomic E-state index is 0.221. The zero-order chi connectivity index (χ0) is 18.2. The first-order valence-corrected chi connectivity index (χ1v) is 8.99. The van der Waals surface area contributed by atoms with Crippen molar-refractivity contribution in [2.45, 2.75) is 46.1 Å². The fourth-order valence-corrected chi connectivity index (χ4v) is 2.91. The summed E-state index contributed by atoms with van der Waals surface area (Å²) in [4.78, 5) is 24.8. The molecule has 1 unspecified atom stereocenters. The predicted molar refractivity (Wildman–Crippen MR) is 95.8 cm³/mol. The quantitative estimate of drug-likeness (QED) is 0.707. The van der Waals surface area contributed by atoms with Crippen LogP contribution in [0.15, 0.2) is 18.2 Å². The molecular weight excluding hydrogens is 320 g/mol. The molecule has 0 spiro atoms. The normalized spacial score (nSPS) is 16.7. The van der Waals surface area contributed by atoms with Gasteiger partial charge in [0.25, 0.3) is 0 Å². The van der Waals surface area contributed by atoms with E-state index in [1.807, 2.05) is 25.1 Å². The molecule has 1 aliphatic rings. The van der Waals surface area contributed by atoms with Gasteiger partial charge < -0.3 is 20.1 Å². The number of nitrogens with zero attached hydrogens (tertiary/aromatic N) is 1. The lowest BCUT2D eigenvalue weighted by Crippen LogP contribution is -2.38. The molecule has 1 aromatic carbocycles. The third-order valence-corrected chi connectivity index (χ3v) is 4.48. The molecule has 138 valence electrons. The molecule has 6 nitrogen and oxygen atoms in total. The number of carbonyl (C=O) groups is 2. The van der Waals surface area contributed by atoms with Crippen LogP contribution < -0.4 is 10.1 Å². The van der Waals surface area contributed by atoms with Crippen molar-refractivity contribution in [3.05, 3.63) is 29.3 Å². The number of urea groups is 1. The van der Waals surface area contributed by atoms with E-state index in [1.165, 1.54) is 0 Å². The Kier molecular flexibility index (Phi) is 7.10. The number of unbranched alkanes of at least 4 members (excludes halogenated alkanes) is 2. The van der Waals surface area contributed by atoms with Gasteiger partial charge in [-0.15, -0.1) is 0 Å². The first-order chi connectivity index (χ1) is 12.0. The zero-order valence-electron chi connectivity index (χ0n) is 15.1. The maximum Gasteiger partial charge on any atom is 0.317 e. The Hall–Kier alpha value is -2.24. The van der Waals surface area contributed by atoms with E-state index in [-0.39, 0.29) is 12.6 Å². The number of benzene rings is 1. The Bertz CT molecular complexity index is 603. The van der Waals surface area contributed by atoms with Gasteiger partial charge in [0.15, 0.2) is 0 Å². The molecule has 0 radical (unpaired) electrons. The number of aliphatic carboxylic acids is 1. The minimum atomic E-state index is -0.836. The van der Waals surface area contributed by atoms with Gasteiger partial charge in [-0.2, -0.15) is 0 Å². The minimum Gasteiger partial charge on any atom is -0.493 e. The SMILES string of the molecule is CCCCCOc1cc(C)ccc1CNC(=O)N1CCC(C(=O)O)C1. The first kappa shape index (κ1) is 19.1. The van der Waals surface area contributed by atoms with E-state index >= 15 is 0 Å². The standard InChI is InChI=1S/C19H28N2O4/c1-3-4-5-10-25-17-11-14(2)6-7-15(17)12-20-19(24)21-9-8-16(13-21)18(22)23/h6-7,11,16H,3-5,8-10,12-13H2,1-2H3,(H,20,24)(H,22,23). The maximum absolute atomic E-state index is 12.2. The number of aryl methyl sites for hydroxylation is 1. The fourth-order valence-electron chi connectivity index (χ4n) is 2.91. The number of amides is 2. The topological polar surface area (TPSA) is 78.9 Å². The third-order valence-electron chi connectivity index (χ3n) is 4.48.